The van der Waals surface area contributed by atoms with Crippen molar-refractivity contribution in [3.05, 3.63) is 40.6 Å². The minimum atomic E-state index is -0.402. The van der Waals surface area contributed by atoms with E-state index in [1.54, 1.807) is 11.3 Å². The predicted molar refractivity (Wildman–Crippen MR) is 104 cm³/mol. The lowest BCUT2D eigenvalue weighted by molar-refractivity contribution is 0.171. The van der Waals surface area contributed by atoms with E-state index in [9.17, 15) is 4.79 Å². The van der Waals surface area contributed by atoms with Gasteiger partial charge in [-0.2, -0.15) is 0 Å². The highest BCUT2D eigenvalue weighted by Crippen LogP contribution is 2.37. The predicted octanol–water partition coefficient (Wildman–Crippen LogP) is 3.05. The molecule has 0 saturated carbocycles. The van der Waals surface area contributed by atoms with Crippen LogP contribution in [-0.2, 0) is 4.74 Å². The average Bonchev–Trinajstić information content (AvgIpc) is 3.16. The monoisotopic (exact) mass is 376 g/mol. The van der Waals surface area contributed by atoms with Crippen molar-refractivity contribution in [1.82, 2.24) is 5.32 Å². The number of nitrogens with one attached hydrogen (secondary N) is 1. The Morgan fingerprint density at radius 3 is 3.08 bits per heavy atom. The van der Waals surface area contributed by atoms with Gasteiger partial charge < -0.3 is 20.7 Å². The van der Waals surface area contributed by atoms with Crippen LogP contribution >= 0.6 is 23.1 Å². The Morgan fingerprint density at radius 1 is 1.44 bits per heavy atom. The summed E-state index contributed by atoms with van der Waals surface area (Å²) in [5.41, 5.74) is 8.09. The molecule has 1 aromatic carbocycles. The number of amidine groups is 1. The number of methoxy groups -OCH3 is 1. The molecule has 8 heteroatoms. The van der Waals surface area contributed by atoms with Gasteiger partial charge in [-0.05, 0) is 29.6 Å². The van der Waals surface area contributed by atoms with Crippen LogP contribution in [0.1, 0.15) is 4.88 Å². The van der Waals surface area contributed by atoms with Crippen molar-refractivity contribution in [3.63, 3.8) is 0 Å². The maximum absolute atomic E-state index is 11.2. The summed E-state index contributed by atoms with van der Waals surface area (Å²) in [5.74, 6) is 1.54. The van der Waals surface area contributed by atoms with Gasteiger partial charge in [-0.3, -0.25) is 0 Å². The first-order chi connectivity index (χ1) is 12.2. The van der Waals surface area contributed by atoms with Gasteiger partial charge >= 0.3 is 6.09 Å². The van der Waals surface area contributed by atoms with E-state index in [4.69, 9.17) is 5.73 Å². The van der Waals surface area contributed by atoms with Crippen molar-refractivity contribution in [3.8, 4) is 0 Å². The van der Waals surface area contributed by atoms with Gasteiger partial charge in [0.15, 0.2) is 0 Å². The molecule has 0 radical (unpaired) electrons. The van der Waals surface area contributed by atoms with Crippen molar-refractivity contribution in [1.29, 1.82) is 0 Å². The topological polar surface area (TPSA) is 80.0 Å². The molecule has 3 N–H and O–H groups in total. The molecule has 0 unspecified atom stereocenters. The Morgan fingerprint density at radius 2 is 2.32 bits per heavy atom. The first-order valence-corrected chi connectivity index (χ1v) is 9.75. The minimum absolute atomic E-state index is 0.402. The number of anilines is 1. The fraction of sp³-hybridized carbons (Fsp3) is 0.294. The highest BCUT2D eigenvalue weighted by molar-refractivity contribution is 7.99. The van der Waals surface area contributed by atoms with E-state index >= 15 is 0 Å². The number of hydrogen-bond donors (Lipinski definition) is 2. The Bertz CT molecular complexity index is 762. The fourth-order valence-electron chi connectivity index (χ4n) is 2.55. The molecule has 0 saturated heterocycles. The molecule has 1 amide bonds. The minimum Gasteiger partial charge on any atom is -0.453 e. The number of aliphatic imine (C=N–C) groups is 1. The van der Waals surface area contributed by atoms with Crippen LogP contribution in [0.4, 0.5) is 16.2 Å². The van der Waals surface area contributed by atoms with E-state index < -0.39 is 6.09 Å². The van der Waals surface area contributed by atoms with Crippen LogP contribution in [-0.4, -0.2) is 44.4 Å². The lowest BCUT2D eigenvalue weighted by atomic mass is 10.2. The third kappa shape index (κ3) is 4.46. The van der Waals surface area contributed by atoms with Crippen molar-refractivity contribution >= 4 is 46.4 Å². The number of ether oxygens (including phenoxy) is 1. The molecule has 0 bridgehead atoms. The third-order valence-electron chi connectivity index (χ3n) is 3.76. The van der Waals surface area contributed by atoms with Crippen LogP contribution < -0.4 is 16.0 Å². The molecule has 2 aromatic rings. The molecular formula is C17H20N4O2S2. The number of benzene rings is 1. The highest BCUT2D eigenvalue weighted by atomic mass is 32.2. The molecule has 1 aliphatic rings. The fourth-order valence-corrected chi connectivity index (χ4v) is 4.26. The average molecular weight is 377 g/mol. The van der Waals surface area contributed by atoms with E-state index in [-0.39, 0.29) is 0 Å². The smallest absolute Gasteiger partial charge is 0.406 e. The molecular weight excluding hydrogens is 356 g/mol. The highest BCUT2D eigenvalue weighted by Gasteiger charge is 2.17. The maximum Gasteiger partial charge on any atom is 0.406 e. The van der Waals surface area contributed by atoms with Gasteiger partial charge in [-0.1, -0.05) is 6.07 Å². The summed E-state index contributed by atoms with van der Waals surface area (Å²) in [6.45, 7) is 2.23. The van der Waals surface area contributed by atoms with Crippen LogP contribution in [0.5, 0.6) is 0 Å². The molecule has 6 nitrogen and oxygen atoms in total. The van der Waals surface area contributed by atoms with Gasteiger partial charge in [0.25, 0.3) is 0 Å². The van der Waals surface area contributed by atoms with E-state index in [2.05, 4.69) is 32.1 Å². The Kier molecular flexibility index (Phi) is 5.83. The third-order valence-corrected chi connectivity index (χ3v) is 5.68. The molecule has 3 rings (SSSR count). The Labute approximate surface area is 155 Å². The normalized spacial score (nSPS) is 14.1. The molecule has 0 aliphatic carbocycles. The van der Waals surface area contributed by atoms with Crippen molar-refractivity contribution < 1.29 is 9.53 Å². The molecule has 0 fully saturated rings. The van der Waals surface area contributed by atoms with Crippen LogP contribution in [0.2, 0.25) is 0 Å². The Balaban J connectivity index is 1.71. The van der Waals surface area contributed by atoms with Gasteiger partial charge in [0.2, 0.25) is 0 Å². The van der Waals surface area contributed by atoms with Crippen LogP contribution in [0.15, 0.2) is 45.6 Å². The summed E-state index contributed by atoms with van der Waals surface area (Å²) in [4.78, 5) is 20.1. The van der Waals surface area contributed by atoms with Gasteiger partial charge in [-0.15, -0.1) is 23.1 Å². The summed E-state index contributed by atoms with van der Waals surface area (Å²) in [6.07, 6.45) is -0.402. The first kappa shape index (κ1) is 17.6. The zero-order valence-corrected chi connectivity index (χ0v) is 15.5. The molecule has 1 aromatic heterocycles. The second-order valence-corrected chi connectivity index (χ2v) is 7.46. The molecule has 25 heavy (non-hydrogen) atoms. The molecule has 0 spiro atoms. The van der Waals surface area contributed by atoms with Crippen molar-refractivity contribution in [2.45, 2.75) is 4.90 Å². The molecule has 2 heterocycles. The van der Waals surface area contributed by atoms with Crippen LogP contribution in [0.25, 0.3) is 0 Å². The molecule has 1 aliphatic heterocycles. The van der Waals surface area contributed by atoms with Gasteiger partial charge in [0.05, 0.1) is 23.4 Å². The van der Waals surface area contributed by atoms with Gasteiger partial charge in [0, 0.05) is 30.3 Å². The number of amides is 1. The molecule has 0 atom stereocenters. The van der Waals surface area contributed by atoms with E-state index in [0.717, 1.165) is 35.1 Å². The number of thioether (sulfide) groups is 1. The first-order valence-electron chi connectivity index (χ1n) is 7.89. The summed E-state index contributed by atoms with van der Waals surface area (Å²) in [6, 6.07) is 10.0. The molecule has 132 valence electrons. The standard InChI is InChI=1S/C17H20N4O2S2/c1-23-17(22)19-6-7-21-8-10-25-15-11-12(4-5-13(15)21)20-16(18)14-3-2-9-24-14/h2-5,9,11H,6-8,10H2,1H3,(H2,18,20)(H,19,22). The van der Waals surface area contributed by atoms with Crippen molar-refractivity contribution in [2.24, 2.45) is 10.7 Å². The van der Waals surface area contributed by atoms with Crippen LogP contribution in [0.3, 0.4) is 0 Å². The number of carbonyl (C=O) groups is 1. The van der Waals surface area contributed by atoms with Crippen LogP contribution in [0, 0.1) is 0 Å². The summed E-state index contributed by atoms with van der Waals surface area (Å²) >= 11 is 3.39. The summed E-state index contributed by atoms with van der Waals surface area (Å²) < 4.78 is 4.59. The lowest BCUT2D eigenvalue weighted by Crippen LogP contribution is -2.37. The number of alkyl carbamates (subject to hydrolysis) is 1. The second kappa shape index (κ2) is 8.26. The SMILES string of the molecule is COC(=O)NCCN1CCSc2cc(N=C(N)c3cccs3)ccc21. The maximum atomic E-state index is 11.2. The number of nitrogens with two attached hydrogens (primary N) is 1. The summed E-state index contributed by atoms with van der Waals surface area (Å²) in [7, 11) is 1.37. The van der Waals surface area contributed by atoms with E-state index in [0.29, 0.717) is 12.4 Å². The Hall–Kier alpha value is -2.19. The number of rotatable bonds is 5. The zero-order chi connectivity index (χ0) is 17.6. The van der Waals surface area contributed by atoms with Gasteiger partial charge in [-0.25, -0.2) is 9.79 Å². The largest absolute Gasteiger partial charge is 0.453 e. The second-order valence-electron chi connectivity index (χ2n) is 5.38. The number of hydrogen-bond acceptors (Lipinski definition) is 6. The van der Waals surface area contributed by atoms with Crippen molar-refractivity contribution in [2.75, 3.05) is 37.4 Å². The van der Waals surface area contributed by atoms with E-state index in [1.165, 1.54) is 12.0 Å². The number of thiophene rings is 1. The number of carbonyl (C=O) groups excluding carboxylic acids is 1. The van der Waals surface area contributed by atoms with E-state index in [1.807, 2.05) is 35.3 Å². The number of fused-ring (bicyclic) bond motifs is 1. The quantitative estimate of drug-likeness (QED) is 0.619. The lowest BCUT2D eigenvalue weighted by Gasteiger charge is -2.31. The number of nitrogens with zero attached hydrogens (tertiary/aromatic N) is 2. The summed E-state index contributed by atoms with van der Waals surface area (Å²) in [5, 5.41) is 4.70. The zero-order valence-electron chi connectivity index (χ0n) is 13.9. The van der Waals surface area contributed by atoms with Gasteiger partial charge in [0.1, 0.15) is 5.84 Å².